The highest BCUT2D eigenvalue weighted by Gasteiger charge is 2.09. The predicted molar refractivity (Wildman–Crippen MR) is 84.3 cm³/mol. The van der Waals surface area contributed by atoms with Gasteiger partial charge in [-0.15, -0.1) is 0 Å². The van der Waals surface area contributed by atoms with Gasteiger partial charge in [-0.1, -0.05) is 31.5 Å². The SMILES string of the molecule is Cc1ccc(-n2nc(C)cc2C)c(CNCC(C)C)c1. The second-order valence-electron chi connectivity index (χ2n) is 6.00. The molecule has 3 nitrogen and oxygen atoms in total. The molecule has 0 saturated carbocycles. The van der Waals surface area contributed by atoms with Crippen molar-refractivity contribution < 1.29 is 0 Å². The molecule has 0 aliphatic heterocycles. The topological polar surface area (TPSA) is 29.9 Å². The van der Waals surface area contributed by atoms with Gasteiger partial charge in [0.2, 0.25) is 0 Å². The molecule has 0 atom stereocenters. The van der Waals surface area contributed by atoms with Gasteiger partial charge in [0, 0.05) is 12.2 Å². The van der Waals surface area contributed by atoms with E-state index in [4.69, 9.17) is 0 Å². The molecule has 0 spiro atoms. The molecule has 0 amide bonds. The Morgan fingerprint density at radius 1 is 1.15 bits per heavy atom. The number of aromatic nitrogens is 2. The molecule has 108 valence electrons. The molecular weight excluding hydrogens is 246 g/mol. The van der Waals surface area contributed by atoms with E-state index < -0.39 is 0 Å². The van der Waals surface area contributed by atoms with Crippen molar-refractivity contribution in [2.75, 3.05) is 6.54 Å². The minimum atomic E-state index is 0.664. The van der Waals surface area contributed by atoms with Crippen LogP contribution in [0.15, 0.2) is 24.3 Å². The number of rotatable bonds is 5. The number of nitrogens with one attached hydrogen (secondary N) is 1. The summed E-state index contributed by atoms with van der Waals surface area (Å²) < 4.78 is 2.04. The van der Waals surface area contributed by atoms with E-state index in [0.29, 0.717) is 5.92 Å². The van der Waals surface area contributed by atoms with E-state index in [9.17, 15) is 0 Å². The zero-order valence-corrected chi connectivity index (χ0v) is 13.2. The normalized spacial score (nSPS) is 11.3. The van der Waals surface area contributed by atoms with Crippen LogP contribution in [0.3, 0.4) is 0 Å². The van der Waals surface area contributed by atoms with Crippen LogP contribution < -0.4 is 5.32 Å². The highest BCUT2D eigenvalue weighted by atomic mass is 15.3. The van der Waals surface area contributed by atoms with E-state index in [1.165, 1.54) is 22.5 Å². The zero-order chi connectivity index (χ0) is 14.7. The third-order valence-electron chi connectivity index (χ3n) is 3.34. The van der Waals surface area contributed by atoms with Crippen molar-refractivity contribution in [1.82, 2.24) is 15.1 Å². The zero-order valence-electron chi connectivity index (χ0n) is 13.2. The van der Waals surface area contributed by atoms with Crippen LogP contribution in [0.1, 0.15) is 36.4 Å². The van der Waals surface area contributed by atoms with E-state index in [1.807, 2.05) is 11.6 Å². The van der Waals surface area contributed by atoms with Gasteiger partial charge in [-0.3, -0.25) is 0 Å². The van der Waals surface area contributed by atoms with Crippen LogP contribution in [0, 0.1) is 26.7 Å². The minimum Gasteiger partial charge on any atom is -0.312 e. The lowest BCUT2D eigenvalue weighted by Gasteiger charge is -2.14. The Bertz CT molecular complexity index is 582. The van der Waals surface area contributed by atoms with Gasteiger partial charge in [-0.25, -0.2) is 4.68 Å². The summed E-state index contributed by atoms with van der Waals surface area (Å²) in [5, 5.41) is 8.13. The molecule has 0 unspecified atom stereocenters. The number of aryl methyl sites for hydroxylation is 3. The average Bonchev–Trinajstić information content (AvgIpc) is 2.68. The Labute approximate surface area is 122 Å². The van der Waals surface area contributed by atoms with Gasteiger partial charge in [0.25, 0.3) is 0 Å². The molecule has 0 aliphatic carbocycles. The van der Waals surface area contributed by atoms with Gasteiger partial charge >= 0.3 is 0 Å². The first-order valence-electron chi connectivity index (χ1n) is 7.31. The Morgan fingerprint density at radius 3 is 2.50 bits per heavy atom. The van der Waals surface area contributed by atoms with Crippen molar-refractivity contribution in [3.8, 4) is 5.69 Å². The summed E-state index contributed by atoms with van der Waals surface area (Å²) in [4.78, 5) is 0. The van der Waals surface area contributed by atoms with Gasteiger partial charge in [-0.05, 0) is 50.9 Å². The number of hydrogen-bond donors (Lipinski definition) is 1. The fraction of sp³-hybridized carbons (Fsp3) is 0.471. The summed E-state index contributed by atoms with van der Waals surface area (Å²) in [5.74, 6) is 0.664. The summed E-state index contributed by atoms with van der Waals surface area (Å²) in [6.45, 7) is 12.6. The van der Waals surface area contributed by atoms with Crippen LogP contribution in [0.4, 0.5) is 0 Å². The monoisotopic (exact) mass is 271 g/mol. The standard InChI is InChI=1S/C17H25N3/c1-12(2)10-18-11-16-8-13(3)6-7-17(16)20-15(5)9-14(4)19-20/h6-9,12,18H,10-11H2,1-5H3. The maximum Gasteiger partial charge on any atom is 0.0693 e. The van der Waals surface area contributed by atoms with Gasteiger partial charge in [-0.2, -0.15) is 5.10 Å². The van der Waals surface area contributed by atoms with Crippen molar-refractivity contribution in [3.63, 3.8) is 0 Å². The van der Waals surface area contributed by atoms with Gasteiger partial charge < -0.3 is 5.32 Å². The third kappa shape index (κ3) is 3.48. The smallest absolute Gasteiger partial charge is 0.0693 e. The van der Waals surface area contributed by atoms with Gasteiger partial charge in [0.15, 0.2) is 0 Å². The molecule has 0 fully saturated rings. The van der Waals surface area contributed by atoms with E-state index >= 15 is 0 Å². The number of benzene rings is 1. The lowest BCUT2D eigenvalue weighted by Crippen LogP contribution is -2.20. The summed E-state index contributed by atoms with van der Waals surface area (Å²) in [7, 11) is 0. The van der Waals surface area contributed by atoms with E-state index in [-0.39, 0.29) is 0 Å². The number of nitrogens with zero attached hydrogens (tertiary/aromatic N) is 2. The lowest BCUT2D eigenvalue weighted by molar-refractivity contribution is 0.551. The van der Waals surface area contributed by atoms with Crippen molar-refractivity contribution in [2.45, 2.75) is 41.2 Å². The van der Waals surface area contributed by atoms with E-state index in [1.54, 1.807) is 0 Å². The highest BCUT2D eigenvalue weighted by Crippen LogP contribution is 2.18. The second kappa shape index (κ2) is 6.23. The van der Waals surface area contributed by atoms with Gasteiger partial charge in [0.1, 0.15) is 0 Å². The first-order valence-corrected chi connectivity index (χ1v) is 7.31. The Hall–Kier alpha value is -1.61. The van der Waals surface area contributed by atoms with Crippen molar-refractivity contribution in [3.05, 3.63) is 46.8 Å². The molecule has 0 saturated heterocycles. The second-order valence-corrected chi connectivity index (χ2v) is 6.00. The third-order valence-corrected chi connectivity index (χ3v) is 3.34. The number of hydrogen-bond acceptors (Lipinski definition) is 2. The molecule has 0 aliphatic rings. The van der Waals surface area contributed by atoms with Crippen LogP contribution in [0.2, 0.25) is 0 Å². The molecule has 1 aromatic carbocycles. The first kappa shape index (κ1) is 14.8. The van der Waals surface area contributed by atoms with Crippen LogP contribution in [-0.2, 0) is 6.54 Å². The molecule has 0 radical (unpaired) electrons. The Balaban J connectivity index is 2.30. The average molecular weight is 271 g/mol. The molecular formula is C17H25N3. The maximum atomic E-state index is 4.60. The maximum absolute atomic E-state index is 4.60. The van der Waals surface area contributed by atoms with Crippen molar-refractivity contribution in [1.29, 1.82) is 0 Å². The van der Waals surface area contributed by atoms with Crippen LogP contribution in [0.5, 0.6) is 0 Å². The molecule has 1 aromatic heterocycles. The summed E-state index contributed by atoms with van der Waals surface area (Å²) in [6, 6.07) is 8.68. The first-order chi connectivity index (χ1) is 9.47. The fourth-order valence-electron chi connectivity index (χ4n) is 2.43. The molecule has 1 N–H and O–H groups in total. The fourth-order valence-corrected chi connectivity index (χ4v) is 2.43. The summed E-state index contributed by atoms with van der Waals surface area (Å²) >= 11 is 0. The largest absolute Gasteiger partial charge is 0.312 e. The highest BCUT2D eigenvalue weighted by molar-refractivity contribution is 5.44. The Kier molecular flexibility index (Phi) is 4.61. The Morgan fingerprint density at radius 2 is 1.90 bits per heavy atom. The quantitative estimate of drug-likeness (QED) is 0.901. The molecule has 3 heteroatoms. The van der Waals surface area contributed by atoms with Crippen LogP contribution in [0.25, 0.3) is 5.69 Å². The minimum absolute atomic E-state index is 0.664. The summed E-state index contributed by atoms with van der Waals surface area (Å²) in [6.07, 6.45) is 0. The molecule has 0 bridgehead atoms. The molecule has 2 aromatic rings. The summed E-state index contributed by atoms with van der Waals surface area (Å²) in [5.41, 5.74) is 6.01. The molecule has 1 heterocycles. The van der Waals surface area contributed by atoms with Crippen molar-refractivity contribution >= 4 is 0 Å². The predicted octanol–water partition coefficient (Wildman–Crippen LogP) is 3.54. The lowest BCUT2D eigenvalue weighted by atomic mass is 10.1. The van der Waals surface area contributed by atoms with E-state index in [2.05, 4.69) is 62.4 Å². The van der Waals surface area contributed by atoms with Crippen molar-refractivity contribution in [2.24, 2.45) is 5.92 Å². The van der Waals surface area contributed by atoms with Crippen LogP contribution in [-0.4, -0.2) is 16.3 Å². The molecule has 2 rings (SSSR count). The van der Waals surface area contributed by atoms with Gasteiger partial charge in [0.05, 0.1) is 11.4 Å². The van der Waals surface area contributed by atoms with E-state index in [0.717, 1.165) is 18.8 Å². The molecule has 20 heavy (non-hydrogen) atoms. The van der Waals surface area contributed by atoms with Crippen LogP contribution >= 0.6 is 0 Å².